The summed E-state index contributed by atoms with van der Waals surface area (Å²) in [7, 11) is 2.84. The van der Waals surface area contributed by atoms with Crippen LogP contribution in [0, 0.1) is 0 Å². The molecule has 0 fully saturated rings. The van der Waals surface area contributed by atoms with Crippen molar-refractivity contribution >= 4 is 16.9 Å². The highest BCUT2D eigenvalue weighted by Crippen LogP contribution is 2.39. The van der Waals surface area contributed by atoms with Crippen molar-refractivity contribution < 1.29 is 28.9 Å². The van der Waals surface area contributed by atoms with Crippen molar-refractivity contribution in [1.82, 2.24) is 0 Å². The lowest BCUT2D eigenvalue weighted by atomic mass is 10.1. The van der Waals surface area contributed by atoms with Gasteiger partial charge in [-0.15, -0.1) is 0 Å². The van der Waals surface area contributed by atoms with Gasteiger partial charge in [-0.3, -0.25) is 0 Å². The van der Waals surface area contributed by atoms with Gasteiger partial charge in [0.2, 0.25) is 5.75 Å². The Morgan fingerprint density at radius 2 is 2.06 bits per heavy atom. The summed E-state index contributed by atoms with van der Waals surface area (Å²) in [6, 6.07) is 2.83. The molecule has 6 heteroatoms. The molecule has 2 rings (SSSR count). The first-order chi connectivity index (χ1) is 8.62. The number of aliphatic hydroxyl groups excluding tert-OH is 1. The molecule has 0 radical (unpaired) electrons. The average molecular weight is 252 g/mol. The van der Waals surface area contributed by atoms with Gasteiger partial charge < -0.3 is 24.1 Å². The number of fused-ring (bicyclic) bond motifs is 1. The second-order valence-corrected chi connectivity index (χ2v) is 3.58. The smallest absolute Gasteiger partial charge is 0.336 e. The number of carboxylic acids is 1. The van der Waals surface area contributed by atoms with Crippen LogP contribution >= 0.6 is 0 Å². The molecule has 0 bridgehead atoms. The normalized spacial score (nSPS) is 10.6. The van der Waals surface area contributed by atoms with Gasteiger partial charge in [0.25, 0.3) is 0 Å². The van der Waals surface area contributed by atoms with Gasteiger partial charge in [-0.25, -0.2) is 4.79 Å². The van der Waals surface area contributed by atoms with Crippen molar-refractivity contribution in [3.8, 4) is 11.5 Å². The van der Waals surface area contributed by atoms with E-state index < -0.39 is 5.97 Å². The molecule has 0 atom stereocenters. The van der Waals surface area contributed by atoms with Gasteiger partial charge in [0.15, 0.2) is 11.3 Å². The van der Waals surface area contributed by atoms with Gasteiger partial charge in [0.05, 0.1) is 19.8 Å². The van der Waals surface area contributed by atoms with Crippen LogP contribution in [0.15, 0.2) is 16.5 Å². The van der Waals surface area contributed by atoms with E-state index in [1.165, 1.54) is 26.4 Å². The zero-order chi connectivity index (χ0) is 13.3. The van der Waals surface area contributed by atoms with E-state index in [0.717, 1.165) is 0 Å². The number of hydrogen-bond acceptors (Lipinski definition) is 5. The molecule has 2 aromatic rings. The molecule has 1 aromatic heterocycles. The van der Waals surface area contributed by atoms with Crippen molar-refractivity contribution in [2.24, 2.45) is 0 Å². The second kappa shape index (κ2) is 4.58. The number of aliphatic hydroxyl groups is 1. The monoisotopic (exact) mass is 252 g/mol. The highest BCUT2D eigenvalue weighted by molar-refractivity contribution is 6.05. The molecule has 0 amide bonds. The number of carbonyl (C=O) groups is 1. The fraction of sp³-hybridized carbons (Fsp3) is 0.250. The van der Waals surface area contributed by atoms with Crippen LogP contribution in [0.3, 0.4) is 0 Å². The molecule has 2 N–H and O–H groups in total. The Labute approximate surface area is 102 Å². The number of furan rings is 1. The second-order valence-electron chi connectivity index (χ2n) is 3.58. The fourth-order valence-electron chi connectivity index (χ4n) is 1.80. The molecule has 0 unspecified atom stereocenters. The maximum atomic E-state index is 11.2. The van der Waals surface area contributed by atoms with Gasteiger partial charge in [-0.2, -0.15) is 0 Å². The van der Waals surface area contributed by atoms with Crippen LogP contribution in [-0.4, -0.2) is 30.4 Å². The molecule has 0 saturated heterocycles. The molecular weight excluding hydrogens is 240 g/mol. The summed E-state index contributed by atoms with van der Waals surface area (Å²) in [6.07, 6.45) is 0. The number of ether oxygens (including phenoxy) is 2. The lowest BCUT2D eigenvalue weighted by Crippen LogP contribution is -1.99. The number of methoxy groups -OCH3 is 2. The van der Waals surface area contributed by atoms with Crippen molar-refractivity contribution in [3.05, 3.63) is 23.5 Å². The quantitative estimate of drug-likeness (QED) is 0.859. The highest BCUT2D eigenvalue weighted by atomic mass is 16.5. The van der Waals surface area contributed by atoms with E-state index in [1.807, 2.05) is 0 Å². The van der Waals surface area contributed by atoms with Crippen LogP contribution in [0.25, 0.3) is 11.0 Å². The van der Waals surface area contributed by atoms with Crippen molar-refractivity contribution in [3.63, 3.8) is 0 Å². The summed E-state index contributed by atoms with van der Waals surface area (Å²) >= 11 is 0. The number of rotatable bonds is 4. The third kappa shape index (κ3) is 1.76. The van der Waals surface area contributed by atoms with Gasteiger partial charge in [0.1, 0.15) is 12.4 Å². The molecule has 0 aliphatic rings. The molecule has 1 aromatic carbocycles. The molecular formula is C12H12O6. The van der Waals surface area contributed by atoms with E-state index in [0.29, 0.717) is 11.1 Å². The lowest BCUT2D eigenvalue weighted by molar-refractivity contribution is 0.0698. The standard InChI is InChI=1S/C12H12O6/c1-16-9-4-8(12(14)15)7-3-6(5-13)18-10(7)11(9)17-2/h3-4,13H,5H2,1-2H3,(H,14,15). The molecule has 6 nitrogen and oxygen atoms in total. The van der Waals surface area contributed by atoms with Gasteiger partial charge >= 0.3 is 5.97 Å². The van der Waals surface area contributed by atoms with Crippen LogP contribution in [0.1, 0.15) is 16.1 Å². The number of carboxylic acid groups (broad SMARTS) is 1. The first kappa shape index (κ1) is 12.3. The van der Waals surface area contributed by atoms with Crippen molar-refractivity contribution in [2.45, 2.75) is 6.61 Å². The lowest BCUT2D eigenvalue weighted by Gasteiger charge is -2.09. The van der Waals surface area contributed by atoms with E-state index in [4.69, 9.17) is 24.1 Å². The summed E-state index contributed by atoms with van der Waals surface area (Å²) in [6.45, 7) is -0.320. The third-order valence-electron chi connectivity index (χ3n) is 2.59. The highest BCUT2D eigenvalue weighted by Gasteiger charge is 2.21. The molecule has 96 valence electrons. The minimum atomic E-state index is -1.11. The van der Waals surface area contributed by atoms with Crippen LogP contribution in [-0.2, 0) is 6.61 Å². The molecule has 18 heavy (non-hydrogen) atoms. The predicted molar refractivity (Wildman–Crippen MR) is 62.2 cm³/mol. The van der Waals surface area contributed by atoms with Crippen molar-refractivity contribution in [1.29, 1.82) is 0 Å². The predicted octanol–water partition coefficient (Wildman–Crippen LogP) is 1.64. The number of hydrogen-bond donors (Lipinski definition) is 2. The largest absolute Gasteiger partial charge is 0.493 e. The summed E-state index contributed by atoms with van der Waals surface area (Å²) in [5.74, 6) is -0.274. The first-order valence-electron chi connectivity index (χ1n) is 5.14. The summed E-state index contributed by atoms with van der Waals surface area (Å²) < 4.78 is 15.6. The Hall–Kier alpha value is -2.21. The maximum Gasteiger partial charge on any atom is 0.336 e. The Bertz CT molecular complexity index is 598. The van der Waals surface area contributed by atoms with Crippen LogP contribution in [0.4, 0.5) is 0 Å². The SMILES string of the molecule is COc1cc(C(=O)O)c2cc(CO)oc2c1OC. The van der Waals surface area contributed by atoms with Crippen molar-refractivity contribution in [2.75, 3.05) is 14.2 Å². The Kier molecular flexibility index (Phi) is 3.12. The summed E-state index contributed by atoms with van der Waals surface area (Å²) in [5.41, 5.74) is 0.282. The zero-order valence-corrected chi connectivity index (χ0v) is 9.89. The van der Waals surface area contributed by atoms with E-state index in [1.54, 1.807) is 0 Å². The number of benzene rings is 1. The average Bonchev–Trinajstić information content (AvgIpc) is 2.79. The molecule has 0 saturated carbocycles. The van der Waals surface area contributed by atoms with Crippen LogP contribution < -0.4 is 9.47 Å². The van der Waals surface area contributed by atoms with E-state index >= 15 is 0 Å². The minimum absolute atomic E-state index is 0.0334. The van der Waals surface area contributed by atoms with Crippen LogP contribution in [0.2, 0.25) is 0 Å². The van der Waals surface area contributed by atoms with Gasteiger partial charge in [-0.05, 0) is 12.1 Å². The van der Waals surface area contributed by atoms with Gasteiger partial charge in [-0.1, -0.05) is 0 Å². The zero-order valence-electron chi connectivity index (χ0n) is 9.89. The Balaban J connectivity index is 2.85. The van der Waals surface area contributed by atoms with E-state index in [-0.39, 0.29) is 29.3 Å². The number of aromatic carboxylic acids is 1. The Morgan fingerprint density at radius 3 is 2.56 bits per heavy atom. The fourth-order valence-corrected chi connectivity index (χ4v) is 1.80. The summed E-state index contributed by atoms with van der Waals surface area (Å²) in [5, 5.41) is 18.6. The third-order valence-corrected chi connectivity index (χ3v) is 2.59. The Morgan fingerprint density at radius 1 is 1.33 bits per heavy atom. The van der Waals surface area contributed by atoms with Crippen LogP contribution in [0.5, 0.6) is 11.5 Å². The van der Waals surface area contributed by atoms with E-state index in [2.05, 4.69) is 0 Å². The maximum absolute atomic E-state index is 11.2. The minimum Gasteiger partial charge on any atom is -0.493 e. The first-order valence-corrected chi connectivity index (χ1v) is 5.14. The van der Waals surface area contributed by atoms with Gasteiger partial charge in [0, 0.05) is 5.39 Å². The molecule has 0 aliphatic heterocycles. The topological polar surface area (TPSA) is 89.1 Å². The van der Waals surface area contributed by atoms with E-state index in [9.17, 15) is 4.79 Å². The molecule has 0 spiro atoms. The summed E-state index contributed by atoms with van der Waals surface area (Å²) in [4.78, 5) is 11.2. The molecule has 1 heterocycles. The molecule has 0 aliphatic carbocycles.